The lowest BCUT2D eigenvalue weighted by molar-refractivity contribution is -0.121. The average Bonchev–Trinajstić information content (AvgIpc) is 2.09. The Bertz CT molecular complexity index is 156. The van der Waals surface area contributed by atoms with Gasteiger partial charge in [0.1, 0.15) is 6.23 Å². The van der Waals surface area contributed by atoms with Crippen molar-refractivity contribution < 1.29 is 9.53 Å². The molecule has 2 unspecified atom stereocenters. The Balaban J connectivity index is 2.40. The minimum absolute atomic E-state index is 0.0671. The molecule has 2 atom stereocenters. The van der Waals surface area contributed by atoms with E-state index in [0.29, 0.717) is 12.3 Å². The second-order valence-corrected chi connectivity index (χ2v) is 3.35. The predicted octanol–water partition coefficient (Wildman–Crippen LogP) is 0.893. The van der Waals surface area contributed by atoms with Gasteiger partial charge in [0.15, 0.2) is 0 Å². The molecule has 1 aliphatic heterocycles. The van der Waals surface area contributed by atoms with Crippen molar-refractivity contribution in [1.29, 1.82) is 0 Å². The first-order valence-corrected chi connectivity index (χ1v) is 4.04. The Morgan fingerprint density at radius 1 is 1.64 bits per heavy atom. The van der Waals surface area contributed by atoms with Gasteiger partial charge >= 0.3 is 0 Å². The van der Waals surface area contributed by atoms with Crippen molar-refractivity contribution in [2.45, 2.75) is 39.5 Å². The fourth-order valence-corrected chi connectivity index (χ4v) is 1.22. The van der Waals surface area contributed by atoms with Crippen LogP contribution in [0.2, 0.25) is 0 Å². The third-order valence-corrected chi connectivity index (χ3v) is 1.75. The van der Waals surface area contributed by atoms with Crippen molar-refractivity contribution in [2.75, 3.05) is 0 Å². The van der Waals surface area contributed by atoms with Crippen LogP contribution < -0.4 is 5.32 Å². The van der Waals surface area contributed by atoms with E-state index in [1.165, 1.54) is 0 Å². The Hall–Kier alpha value is -0.570. The van der Waals surface area contributed by atoms with E-state index < -0.39 is 0 Å². The summed E-state index contributed by atoms with van der Waals surface area (Å²) < 4.78 is 5.46. The summed E-state index contributed by atoms with van der Waals surface area (Å²) >= 11 is 0. The van der Waals surface area contributed by atoms with E-state index in [-0.39, 0.29) is 18.2 Å². The van der Waals surface area contributed by atoms with Crippen LogP contribution in [0.25, 0.3) is 0 Å². The molecule has 0 aromatic rings. The van der Waals surface area contributed by atoms with Crippen LogP contribution in [0.4, 0.5) is 0 Å². The lowest BCUT2D eigenvalue weighted by Crippen LogP contribution is -2.33. The zero-order valence-electron chi connectivity index (χ0n) is 7.26. The van der Waals surface area contributed by atoms with E-state index in [1.54, 1.807) is 0 Å². The van der Waals surface area contributed by atoms with Crippen LogP contribution in [-0.4, -0.2) is 18.2 Å². The molecule has 3 nitrogen and oxygen atoms in total. The second kappa shape index (κ2) is 3.22. The van der Waals surface area contributed by atoms with Gasteiger partial charge in [0, 0.05) is 12.3 Å². The highest BCUT2D eigenvalue weighted by atomic mass is 16.5. The van der Waals surface area contributed by atoms with Crippen molar-refractivity contribution >= 4 is 5.91 Å². The molecule has 0 bridgehead atoms. The van der Waals surface area contributed by atoms with Crippen LogP contribution >= 0.6 is 0 Å². The molecule has 1 fully saturated rings. The molecule has 0 saturated carbocycles. The molecule has 1 heterocycles. The third kappa shape index (κ3) is 2.19. The lowest BCUT2D eigenvalue weighted by atomic mass is 10.1. The van der Waals surface area contributed by atoms with Crippen molar-refractivity contribution in [3.05, 3.63) is 0 Å². The summed E-state index contributed by atoms with van der Waals surface area (Å²) in [5.74, 6) is 0.410. The zero-order chi connectivity index (χ0) is 8.43. The molecule has 0 spiro atoms. The summed E-state index contributed by atoms with van der Waals surface area (Å²) in [7, 11) is 0. The summed E-state index contributed by atoms with van der Waals surface area (Å²) in [4.78, 5) is 10.9. The molecule has 64 valence electrons. The molecule has 1 amide bonds. The zero-order valence-corrected chi connectivity index (χ0v) is 7.26. The van der Waals surface area contributed by atoms with E-state index in [0.717, 1.165) is 0 Å². The van der Waals surface area contributed by atoms with Crippen LogP contribution in [0.3, 0.4) is 0 Å². The van der Waals surface area contributed by atoms with Gasteiger partial charge in [-0.3, -0.25) is 4.79 Å². The van der Waals surface area contributed by atoms with Crippen LogP contribution in [0.5, 0.6) is 0 Å². The minimum atomic E-state index is -0.0671. The quantitative estimate of drug-likeness (QED) is 0.646. The number of hydrogen-bond donors (Lipinski definition) is 1. The maximum Gasteiger partial charge on any atom is 0.222 e. The smallest absolute Gasteiger partial charge is 0.222 e. The van der Waals surface area contributed by atoms with Crippen LogP contribution in [0.1, 0.15) is 27.2 Å². The van der Waals surface area contributed by atoms with E-state index in [2.05, 4.69) is 5.32 Å². The van der Waals surface area contributed by atoms with Gasteiger partial charge in [0.2, 0.25) is 5.91 Å². The Morgan fingerprint density at radius 3 is 2.64 bits per heavy atom. The predicted molar refractivity (Wildman–Crippen MR) is 41.9 cm³/mol. The van der Waals surface area contributed by atoms with Gasteiger partial charge in [-0.1, -0.05) is 6.92 Å². The normalized spacial score (nSPS) is 31.1. The summed E-state index contributed by atoms with van der Waals surface area (Å²) in [6, 6.07) is 0. The number of carbonyl (C=O) groups is 1. The van der Waals surface area contributed by atoms with Crippen LogP contribution in [0, 0.1) is 5.92 Å². The van der Waals surface area contributed by atoms with E-state index >= 15 is 0 Å². The van der Waals surface area contributed by atoms with E-state index in [4.69, 9.17) is 4.74 Å². The fourth-order valence-electron chi connectivity index (χ4n) is 1.22. The highest BCUT2D eigenvalue weighted by Gasteiger charge is 2.29. The maximum absolute atomic E-state index is 10.9. The molecule has 0 aliphatic carbocycles. The van der Waals surface area contributed by atoms with E-state index in [9.17, 15) is 4.79 Å². The average molecular weight is 157 g/mol. The number of nitrogens with one attached hydrogen (secondary N) is 1. The molecule has 0 aromatic carbocycles. The van der Waals surface area contributed by atoms with Gasteiger partial charge in [0.05, 0.1) is 6.10 Å². The van der Waals surface area contributed by atoms with Crippen LogP contribution in [-0.2, 0) is 9.53 Å². The summed E-state index contributed by atoms with van der Waals surface area (Å²) in [6.07, 6.45) is 0.709. The molecule has 0 aromatic heterocycles. The second-order valence-electron chi connectivity index (χ2n) is 3.35. The van der Waals surface area contributed by atoms with Crippen molar-refractivity contribution in [3.63, 3.8) is 0 Å². The fraction of sp³-hybridized carbons (Fsp3) is 0.875. The monoisotopic (exact) mass is 157 g/mol. The highest BCUT2D eigenvalue weighted by molar-refractivity contribution is 5.78. The molecular weight excluding hydrogens is 142 g/mol. The Labute approximate surface area is 67.1 Å². The van der Waals surface area contributed by atoms with Crippen molar-refractivity contribution in [2.24, 2.45) is 5.92 Å². The topological polar surface area (TPSA) is 38.3 Å². The highest BCUT2D eigenvalue weighted by Crippen LogP contribution is 2.17. The van der Waals surface area contributed by atoms with Gasteiger partial charge in [-0.05, 0) is 13.8 Å². The third-order valence-electron chi connectivity index (χ3n) is 1.75. The number of rotatable bonds is 2. The van der Waals surface area contributed by atoms with Gasteiger partial charge in [0.25, 0.3) is 0 Å². The number of hydrogen-bond acceptors (Lipinski definition) is 2. The van der Waals surface area contributed by atoms with Crippen molar-refractivity contribution in [3.8, 4) is 0 Å². The number of carbonyl (C=O) groups excluding carboxylic acids is 1. The van der Waals surface area contributed by atoms with Gasteiger partial charge in [-0.25, -0.2) is 0 Å². The summed E-state index contributed by atoms with van der Waals surface area (Å²) in [5.41, 5.74) is 0. The summed E-state index contributed by atoms with van der Waals surface area (Å²) in [6.45, 7) is 5.96. The molecule has 1 rings (SSSR count). The number of ether oxygens (including phenoxy) is 1. The first-order chi connectivity index (χ1) is 5.09. The summed E-state index contributed by atoms with van der Waals surface area (Å²) in [5, 5.41) is 2.77. The van der Waals surface area contributed by atoms with Gasteiger partial charge < -0.3 is 10.1 Å². The Kier molecular flexibility index (Phi) is 2.49. The lowest BCUT2D eigenvalue weighted by Gasteiger charge is -2.18. The first-order valence-electron chi connectivity index (χ1n) is 4.04. The standard InChI is InChI=1S/C8H15NO2/c1-5(2)11-8-6(3)4-7(10)9-8/h5-6,8H,4H2,1-3H3,(H,9,10). The Morgan fingerprint density at radius 2 is 2.27 bits per heavy atom. The SMILES string of the molecule is CC(C)OC1NC(=O)CC1C. The van der Waals surface area contributed by atoms with E-state index in [1.807, 2.05) is 20.8 Å². The molecular formula is C8H15NO2. The molecule has 1 aliphatic rings. The molecule has 3 heteroatoms. The van der Waals surface area contributed by atoms with Crippen molar-refractivity contribution in [1.82, 2.24) is 5.32 Å². The minimum Gasteiger partial charge on any atom is -0.356 e. The van der Waals surface area contributed by atoms with Gasteiger partial charge in [-0.15, -0.1) is 0 Å². The van der Waals surface area contributed by atoms with Crippen LogP contribution in [0.15, 0.2) is 0 Å². The molecule has 11 heavy (non-hydrogen) atoms. The maximum atomic E-state index is 10.9. The first kappa shape index (κ1) is 8.53. The largest absolute Gasteiger partial charge is 0.356 e. The molecule has 1 saturated heterocycles. The molecule has 1 N–H and O–H groups in total. The van der Waals surface area contributed by atoms with Gasteiger partial charge in [-0.2, -0.15) is 0 Å². The molecule has 0 radical (unpaired) electrons. The number of amides is 1.